The average molecular weight is 235 g/mol. The average Bonchev–Trinajstić information content (AvgIpc) is 2.29. The van der Waals surface area contributed by atoms with Crippen molar-refractivity contribution in [1.82, 2.24) is 0 Å². The van der Waals surface area contributed by atoms with E-state index in [9.17, 15) is 4.39 Å². The second-order valence-corrected chi connectivity index (χ2v) is 4.23. The van der Waals surface area contributed by atoms with E-state index < -0.39 is 5.38 Å². The smallest absolute Gasteiger partial charge is 0.128 e. The molecule has 1 unspecified atom stereocenters. The first kappa shape index (κ1) is 11.2. The molecule has 0 aliphatic heterocycles. The molecule has 2 aromatic rings. The van der Waals surface area contributed by atoms with Crippen LogP contribution in [0.2, 0.25) is 0 Å². The van der Waals surface area contributed by atoms with E-state index in [2.05, 4.69) is 0 Å². The van der Waals surface area contributed by atoms with Gasteiger partial charge in [0.25, 0.3) is 0 Å². The molecule has 0 bridgehead atoms. The number of alkyl halides is 1. The summed E-state index contributed by atoms with van der Waals surface area (Å²) >= 11 is 6.25. The lowest BCUT2D eigenvalue weighted by molar-refractivity contribution is 0.611. The van der Waals surface area contributed by atoms with Crippen molar-refractivity contribution in [3.8, 4) is 0 Å². The highest BCUT2D eigenvalue weighted by molar-refractivity contribution is 6.22. The number of halogens is 2. The van der Waals surface area contributed by atoms with E-state index in [1.54, 1.807) is 6.07 Å². The molecule has 82 valence electrons. The molecule has 0 N–H and O–H groups in total. The van der Waals surface area contributed by atoms with Crippen LogP contribution >= 0.6 is 11.6 Å². The summed E-state index contributed by atoms with van der Waals surface area (Å²) in [6.07, 6.45) is 0. The SMILES string of the molecule is Cc1ccc(C(Cl)c2ccccc2)c(F)c1. The Morgan fingerprint density at radius 2 is 1.75 bits per heavy atom. The van der Waals surface area contributed by atoms with E-state index in [0.29, 0.717) is 5.56 Å². The lowest BCUT2D eigenvalue weighted by atomic mass is 10.0. The van der Waals surface area contributed by atoms with Crippen LogP contribution in [0.4, 0.5) is 4.39 Å². The highest BCUT2D eigenvalue weighted by Gasteiger charge is 2.14. The van der Waals surface area contributed by atoms with E-state index in [-0.39, 0.29) is 5.82 Å². The molecule has 0 spiro atoms. The van der Waals surface area contributed by atoms with Crippen molar-refractivity contribution in [2.24, 2.45) is 0 Å². The first-order valence-corrected chi connectivity index (χ1v) is 5.57. The van der Waals surface area contributed by atoms with Crippen molar-refractivity contribution in [2.75, 3.05) is 0 Å². The molecule has 2 heteroatoms. The van der Waals surface area contributed by atoms with Gasteiger partial charge >= 0.3 is 0 Å². The lowest BCUT2D eigenvalue weighted by Crippen LogP contribution is -1.97. The highest BCUT2D eigenvalue weighted by Crippen LogP contribution is 2.30. The quantitative estimate of drug-likeness (QED) is 0.673. The highest BCUT2D eigenvalue weighted by atomic mass is 35.5. The molecule has 0 amide bonds. The molecule has 0 aromatic heterocycles. The van der Waals surface area contributed by atoms with Gasteiger partial charge in [-0.15, -0.1) is 11.6 Å². The van der Waals surface area contributed by atoms with E-state index in [1.807, 2.05) is 43.3 Å². The predicted molar refractivity (Wildman–Crippen MR) is 65.3 cm³/mol. The maximum atomic E-state index is 13.7. The fourth-order valence-electron chi connectivity index (χ4n) is 1.64. The number of hydrogen-bond acceptors (Lipinski definition) is 0. The summed E-state index contributed by atoms with van der Waals surface area (Å²) in [5, 5.41) is -0.429. The van der Waals surface area contributed by atoms with Gasteiger partial charge in [0.15, 0.2) is 0 Å². The van der Waals surface area contributed by atoms with Gasteiger partial charge in [0.2, 0.25) is 0 Å². The standard InChI is InChI=1S/C14H12ClF/c1-10-7-8-12(13(16)9-10)14(15)11-5-3-2-4-6-11/h2-9,14H,1H3. The summed E-state index contributed by atoms with van der Waals surface area (Å²) < 4.78 is 13.7. The van der Waals surface area contributed by atoms with Crippen molar-refractivity contribution >= 4 is 11.6 Å². The third kappa shape index (κ3) is 2.25. The normalized spacial score (nSPS) is 12.4. The summed E-state index contributed by atoms with van der Waals surface area (Å²) in [5.41, 5.74) is 2.34. The van der Waals surface area contributed by atoms with E-state index >= 15 is 0 Å². The molecule has 0 aliphatic carbocycles. The molecule has 0 radical (unpaired) electrons. The van der Waals surface area contributed by atoms with Crippen LogP contribution in [-0.2, 0) is 0 Å². The number of rotatable bonds is 2. The topological polar surface area (TPSA) is 0 Å². The number of benzene rings is 2. The van der Waals surface area contributed by atoms with E-state index in [0.717, 1.165) is 11.1 Å². The minimum Gasteiger partial charge on any atom is -0.207 e. The summed E-state index contributed by atoms with van der Waals surface area (Å²) in [6, 6.07) is 14.6. The summed E-state index contributed by atoms with van der Waals surface area (Å²) in [4.78, 5) is 0. The number of aryl methyl sites for hydroxylation is 1. The summed E-state index contributed by atoms with van der Waals surface area (Å²) in [5.74, 6) is -0.246. The van der Waals surface area contributed by atoms with Gasteiger partial charge in [-0.2, -0.15) is 0 Å². The molecule has 16 heavy (non-hydrogen) atoms. The fraction of sp³-hybridized carbons (Fsp3) is 0.143. The number of hydrogen-bond donors (Lipinski definition) is 0. The molecule has 0 fully saturated rings. The maximum absolute atomic E-state index is 13.7. The Morgan fingerprint density at radius 1 is 1.06 bits per heavy atom. The van der Waals surface area contributed by atoms with Gasteiger partial charge in [-0.3, -0.25) is 0 Å². The minimum atomic E-state index is -0.429. The van der Waals surface area contributed by atoms with Crippen molar-refractivity contribution in [3.63, 3.8) is 0 Å². The first-order chi connectivity index (χ1) is 7.68. The van der Waals surface area contributed by atoms with Gasteiger partial charge < -0.3 is 0 Å². The van der Waals surface area contributed by atoms with Gasteiger partial charge in [-0.1, -0.05) is 42.5 Å². The zero-order chi connectivity index (χ0) is 11.5. The molecule has 0 saturated heterocycles. The first-order valence-electron chi connectivity index (χ1n) is 5.13. The second kappa shape index (κ2) is 4.67. The van der Waals surface area contributed by atoms with E-state index in [1.165, 1.54) is 6.07 Å². The monoisotopic (exact) mass is 234 g/mol. The summed E-state index contributed by atoms with van der Waals surface area (Å²) in [7, 11) is 0. The Balaban J connectivity index is 2.38. The van der Waals surface area contributed by atoms with Crippen LogP contribution in [0, 0.1) is 12.7 Å². The lowest BCUT2D eigenvalue weighted by Gasteiger charge is -2.11. The molecule has 0 heterocycles. The Bertz CT molecular complexity index is 479. The van der Waals surface area contributed by atoms with Gasteiger partial charge in [0.05, 0.1) is 5.38 Å². The Hall–Kier alpha value is -1.34. The van der Waals surface area contributed by atoms with Crippen LogP contribution in [0.25, 0.3) is 0 Å². The fourth-order valence-corrected chi connectivity index (χ4v) is 1.96. The molecule has 2 rings (SSSR count). The van der Waals surface area contributed by atoms with Crippen molar-refractivity contribution in [2.45, 2.75) is 12.3 Å². The largest absolute Gasteiger partial charge is 0.207 e. The van der Waals surface area contributed by atoms with Gasteiger partial charge in [-0.05, 0) is 24.1 Å². The van der Waals surface area contributed by atoms with Crippen LogP contribution in [0.15, 0.2) is 48.5 Å². The van der Waals surface area contributed by atoms with Crippen molar-refractivity contribution < 1.29 is 4.39 Å². The Kier molecular flexibility index (Phi) is 3.25. The van der Waals surface area contributed by atoms with Crippen LogP contribution in [0.1, 0.15) is 22.1 Å². The van der Waals surface area contributed by atoms with E-state index in [4.69, 9.17) is 11.6 Å². The Labute approximate surface area is 99.7 Å². The third-order valence-corrected chi connectivity index (χ3v) is 3.01. The zero-order valence-electron chi connectivity index (χ0n) is 8.95. The Morgan fingerprint density at radius 3 is 2.38 bits per heavy atom. The van der Waals surface area contributed by atoms with Crippen LogP contribution < -0.4 is 0 Å². The van der Waals surface area contributed by atoms with Gasteiger partial charge in [-0.25, -0.2) is 4.39 Å². The predicted octanol–water partition coefficient (Wildman–Crippen LogP) is 4.46. The maximum Gasteiger partial charge on any atom is 0.128 e. The zero-order valence-corrected chi connectivity index (χ0v) is 9.71. The molecule has 0 aliphatic rings. The molecule has 1 atom stereocenters. The van der Waals surface area contributed by atoms with Gasteiger partial charge in [0.1, 0.15) is 5.82 Å². The van der Waals surface area contributed by atoms with Crippen LogP contribution in [0.3, 0.4) is 0 Å². The second-order valence-electron chi connectivity index (χ2n) is 3.80. The van der Waals surface area contributed by atoms with Crippen LogP contribution in [0.5, 0.6) is 0 Å². The molecule has 0 nitrogen and oxygen atoms in total. The molecule has 2 aromatic carbocycles. The minimum absolute atomic E-state index is 0.246. The summed E-state index contributed by atoms with van der Waals surface area (Å²) in [6.45, 7) is 1.86. The molecular weight excluding hydrogens is 223 g/mol. The third-order valence-electron chi connectivity index (χ3n) is 2.52. The van der Waals surface area contributed by atoms with Crippen molar-refractivity contribution in [3.05, 3.63) is 71.0 Å². The van der Waals surface area contributed by atoms with Crippen LogP contribution in [-0.4, -0.2) is 0 Å². The van der Waals surface area contributed by atoms with Gasteiger partial charge in [0, 0.05) is 5.56 Å². The molecular formula is C14H12ClF. The molecule has 0 saturated carbocycles. The van der Waals surface area contributed by atoms with Crippen molar-refractivity contribution in [1.29, 1.82) is 0 Å².